The van der Waals surface area contributed by atoms with Gasteiger partial charge >= 0.3 is 0 Å². The minimum Gasteiger partial charge on any atom is -0.379 e. The first-order chi connectivity index (χ1) is 7.63. The molecule has 2 N–H and O–H groups in total. The zero-order valence-corrected chi connectivity index (χ0v) is 10.3. The number of carbonyl (C=O) groups excluding carboxylic acids is 1. The van der Waals surface area contributed by atoms with Gasteiger partial charge in [-0.05, 0) is 12.3 Å². The summed E-state index contributed by atoms with van der Waals surface area (Å²) in [6.07, 6.45) is 0.560. The van der Waals surface area contributed by atoms with Gasteiger partial charge in [0.25, 0.3) is 5.91 Å². The Morgan fingerprint density at radius 1 is 1.56 bits per heavy atom. The molecule has 0 aromatic heterocycles. The summed E-state index contributed by atoms with van der Waals surface area (Å²) in [4.78, 5) is 13.8. The van der Waals surface area contributed by atoms with Crippen LogP contribution in [0.3, 0.4) is 0 Å². The minimum absolute atomic E-state index is 0.0287. The average Bonchev–Trinajstić information content (AvgIpc) is 2.31. The zero-order chi connectivity index (χ0) is 12.1. The van der Waals surface area contributed by atoms with Gasteiger partial charge in [0.2, 0.25) is 0 Å². The number of nitrogens with zero attached hydrogens (tertiary/aromatic N) is 1. The van der Waals surface area contributed by atoms with Crippen LogP contribution < -0.4 is 5.73 Å². The van der Waals surface area contributed by atoms with Gasteiger partial charge in [0.15, 0.2) is 0 Å². The maximum Gasteiger partial charge on any atom is 0.253 e. The molecule has 0 bridgehead atoms. The first-order valence-electron chi connectivity index (χ1n) is 5.68. The Kier molecular flexibility index (Phi) is 5.18. The van der Waals surface area contributed by atoms with Crippen molar-refractivity contribution in [1.29, 1.82) is 0 Å². The average molecular weight is 230 g/mol. The summed E-state index contributed by atoms with van der Waals surface area (Å²) >= 11 is 0. The van der Waals surface area contributed by atoms with Crippen LogP contribution in [-0.2, 0) is 14.3 Å². The molecule has 3 atom stereocenters. The molecule has 1 saturated heterocycles. The van der Waals surface area contributed by atoms with E-state index in [0.717, 1.165) is 13.0 Å². The molecule has 1 heterocycles. The predicted octanol–water partition coefficient (Wildman–Crippen LogP) is -0.156. The molecule has 1 rings (SSSR count). The van der Waals surface area contributed by atoms with Crippen molar-refractivity contribution in [2.45, 2.75) is 25.6 Å². The molecule has 1 aliphatic heterocycles. The standard InChI is InChI=1S/C11H22N2O3/c1-8-4-5-13(7-10(8)16-3)11(14)9(6-12)15-2/h8-10H,4-7,12H2,1-3H3. The molecule has 0 aromatic rings. The van der Waals surface area contributed by atoms with E-state index in [1.807, 2.05) is 0 Å². The van der Waals surface area contributed by atoms with Crippen molar-refractivity contribution < 1.29 is 14.3 Å². The lowest BCUT2D eigenvalue weighted by atomic mass is 9.95. The normalized spacial score (nSPS) is 27.9. The van der Waals surface area contributed by atoms with E-state index in [2.05, 4.69) is 6.92 Å². The molecule has 1 amide bonds. The van der Waals surface area contributed by atoms with Gasteiger partial charge in [-0.3, -0.25) is 4.79 Å². The Morgan fingerprint density at radius 2 is 2.25 bits per heavy atom. The third-order valence-corrected chi connectivity index (χ3v) is 3.28. The van der Waals surface area contributed by atoms with Gasteiger partial charge in [0, 0.05) is 33.9 Å². The van der Waals surface area contributed by atoms with E-state index in [-0.39, 0.29) is 18.6 Å². The highest BCUT2D eigenvalue weighted by molar-refractivity contribution is 5.81. The number of nitrogens with two attached hydrogens (primary N) is 1. The number of methoxy groups -OCH3 is 2. The molecule has 0 spiro atoms. The van der Waals surface area contributed by atoms with Gasteiger partial charge in [-0.15, -0.1) is 0 Å². The fraction of sp³-hybridized carbons (Fsp3) is 0.909. The van der Waals surface area contributed by atoms with Gasteiger partial charge in [0.05, 0.1) is 6.10 Å². The molecule has 3 unspecified atom stereocenters. The third kappa shape index (κ3) is 2.93. The number of ether oxygens (including phenoxy) is 2. The van der Waals surface area contributed by atoms with Crippen molar-refractivity contribution in [3.05, 3.63) is 0 Å². The highest BCUT2D eigenvalue weighted by Crippen LogP contribution is 2.20. The number of rotatable bonds is 4. The van der Waals surface area contributed by atoms with Crippen LogP contribution in [0.25, 0.3) is 0 Å². The number of likely N-dealkylation sites (tertiary alicyclic amines) is 1. The molecular formula is C11H22N2O3. The molecule has 0 aromatic carbocycles. The second-order valence-corrected chi connectivity index (χ2v) is 4.28. The lowest BCUT2D eigenvalue weighted by Crippen LogP contribution is -2.51. The highest BCUT2D eigenvalue weighted by atomic mass is 16.5. The fourth-order valence-electron chi connectivity index (χ4n) is 2.04. The summed E-state index contributed by atoms with van der Waals surface area (Å²) in [5.41, 5.74) is 5.48. The van der Waals surface area contributed by atoms with E-state index in [1.54, 1.807) is 12.0 Å². The van der Waals surface area contributed by atoms with Crippen molar-refractivity contribution in [3.8, 4) is 0 Å². The summed E-state index contributed by atoms with van der Waals surface area (Å²) in [6, 6.07) is 0. The van der Waals surface area contributed by atoms with Crippen LogP contribution in [0.4, 0.5) is 0 Å². The molecule has 5 heteroatoms. The molecule has 5 nitrogen and oxygen atoms in total. The Hall–Kier alpha value is -0.650. The lowest BCUT2D eigenvalue weighted by molar-refractivity contribution is -0.146. The predicted molar refractivity (Wildman–Crippen MR) is 61.0 cm³/mol. The molecule has 94 valence electrons. The van der Waals surface area contributed by atoms with Crippen LogP contribution in [0, 0.1) is 5.92 Å². The summed E-state index contributed by atoms with van der Waals surface area (Å²) in [5, 5.41) is 0. The van der Waals surface area contributed by atoms with Crippen molar-refractivity contribution in [2.75, 3.05) is 33.9 Å². The van der Waals surface area contributed by atoms with E-state index >= 15 is 0 Å². The van der Waals surface area contributed by atoms with Crippen molar-refractivity contribution in [1.82, 2.24) is 4.90 Å². The molecular weight excluding hydrogens is 208 g/mol. The highest BCUT2D eigenvalue weighted by Gasteiger charge is 2.31. The van der Waals surface area contributed by atoms with Crippen molar-refractivity contribution in [3.63, 3.8) is 0 Å². The number of carbonyl (C=O) groups is 1. The first kappa shape index (κ1) is 13.4. The quantitative estimate of drug-likeness (QED) is 0.729. The van der Waals surface area contributed by atoms with E-state index < -0.39 is 6.10 Å². The van der Waals surface area contributed by atoms with Crippen molar-refractivity contribution >= 4 is 5.91 Å². The van der Waals surface area contributed by atoms with Crippen LogP contribution >= 0.6 is 0 Å². The van der Waals surface area contributed by atoms with Gasteiger partial charge in [-0.1, -0.05) is 6.92 Å². The van der Waals surface area contributed by atoms with Gasteiger partial charge in [-0.2, -0.15) is 0 Å². The topological polar surface area (TPSA) is 64.8 Å². The van der Waals surface area contributed by atoms with Crippen LogP contribution in [-0.4, -0.2) is 56.9 Å². The van der Waals surface area contributed by atoms with E-state index in [1.165, 1.54) is 7.11 Å². The maximum atomic E-state index is 12.0. The second-order valence-electron chi connectivity index (χ2n) is 4.28. The summed E-state index contributed by atoms with van der Waals surface area (Å²) < 4.78 is 10.4. The first-order valence-corrected chi connectivity index (χ1v) is 5.68. The number of piperidine rings is 1. The largest absolute Gasteiger partial charge is 0.379 e. The Balaban J connectivity index is 2.57. The van der Waals surface area contributed by atoms with Crippen LogP contribution in [0.1, 0.15) is 13.3 Å². The lowest BCUT2D eigenvalue weighted by Gasteiger charge is -2.37. The zero-order valence-electron chi connectivity index (χ0n) is 10.3. The van der Waals surface area contributed by atoms with Crippen LogP contribution in [0.2, 0.25) is 0 Å². The monoisotopic (exact) mass is 230 g/mol. The van der Waals surface area contributed by atoms with Crippen LogP contribution in [0.5, 0.6) is 0 Å². The molecule has 0 saturated carbocycles. The molecule has 0 aliphatic carbocycles. The number of hydrogen-bond donors (Lipinski definition) is 1. The Bertz CT molecular complexity index is 231. The SMILES string of the molecule is COC(CN)C(=O)N1CCC(C)C(OC)C1. The molecule has 0 radical (unpaired) electrons. The Labute approximate surface area is 96.9 Å². The third-order valence-electron chi connectivity index (χ3n) is 3.28. The summed E-state index contributed by atoms with van der Waals surface area (Å²) in [7, 11) is 3.20. The van der Waals surface area contributed by atoms with E-state index in [0.29, 0.717) is 12.5 Å². The molecule has 16 heavy (non-hydrogen) atoms. The smallest absolute Gasteiger partial charge is 0.253 e. The van der Waals surface area contributed by atoms with E-state index in [4.69, 9.17) is 15.2 Å². The Morgan fingerprint density at radius 3 is 2.75 bits per heavy atom. The number of hydrogen-bond acceptors (Lipinski definition) is 4. The molecule has 1 aliphatic rings. The second kappa shape index (κ2) is 6.18. The van der Waals surface area contributed by atoms with Gasteiger partial charge in [0.1, 0.15) is 6.10 Å². The maximum absolute atomic E-state index is 12.0. The fourth-order valence-corrected chi connectivity index (χ4v) is 2.04. The van der Waals surface area contributed by atoms with Gasteiger partial charge in [-0.25, -0.2) is 0 Å². The van der Waals surface area contributed by atoms with E-state index in [9.17, 15) is 4.79 Å². The van der Waals surface area contributed by atoms with Crippen LogP contribution in [0.15, 0.2) is 0 Å². The number of amides is 1. The van der Waals surface area contributed by atoms with Crippen molar-refractivity contribution in [2.24, 2.45) is 11.7 Å². The van der Waals surface area contributed by atoms with Gasteiger partial charge < -0.3 is 20.1 Å². The molecule has 1 fully saturated rings. The summed E-state index contributed by atoms with van der Waals surface area (Å²) in [5.74, 6) is 0.465. The summed E-state index contributed by atoms with van der Waals surface area (Å²) in [6.45, 7) is 3.77. The minimum atomic E-state index is -0.522.